The first-order valence-electron chi connectivity index (χ1n) is 5.74. The number of hydrogen-bond donors (Lipinski definition) is 0. The van der Waals surface area contributed by atoms with Crippen molar-refractivity contribution in [2.24, 2.45) is 0 Å². The van der Waals surface area contributed by atoms with Gasteiger partial charge in [-0.1, -0.05) is 20.3 Å². The molecule has 108 valence electrons. The lowest BCUT2D eigenvalue weighted by Crippen LogP contribution is -2.42. The van der Waals surface area contributed by atoms with Gasteiger partial charge in [-0.05, 0) is 12.8 Å². The van der Waals surface area contributed by atoms with Gasteiger partial charge in [0.1, 0.15) is 12.9 Å². The second-order valence-electron chi connectivity index (χ2n) is 3.75. The van der Waals surface area contributed by atoms with E-state index in [0.29, 0.717) is 12.8 Å². The molecule has 0 amide bonds. The van der Waals surface area contributed by atoms with Crippen LogP contribution < -0.4 is 0 Å². The first-order chi connectivity index (χ1) is 8.36. The number of esters is 1. The minimum atomic E-state index is -4.81. The van der Waals surface area contributed by atoms with Crippen LogP contribution in [0.4, 0.5) is 13.2 Å². The van der Waals surface area contributed by atoms with Crippen LogP contribution in [-0.4, -0.2) is 38.3 Å². The summed E-state index contributed by atoms with van der Waals surface area (Å²) in [6.45, 7) is 2.98. The normalized spacial score (nSPS) is 15.2. The molecule has 0 N–H and O–H groups in total. The van der Waals surface area contributed by atoms with Crippen molar-refractivity contribution >= 4 is 5.97 Å². The summed E-state index contributed by atoms with van der Waals surface area (Å²) in [5, 5.41) is 0. The molecule has 0 radical (unpaired) electrons. The minimum Gasteiger partial charge on any atom is -0.460 e. The summed E-state index contributed by atoms with van der Waals surface area (Å²) >= 11 is 0. The fraction of sp³-hybridized carbons (Fsp3) is 0.909. The van der Waals surface area contributed by atoms with Gasteiger partial charge in [-0.2, -0.15) is 13.2 Å². The molecule has 1 unspecified atom stereocenters. The van der Waals surface area contributed by atoms with Crippen molar-refractivity contribution in [3.63, 3.8) is 0 Å². The maximum absolute atomic E-state index is 12.6. The Kier molecular flexibility index (Phi) is 7.93. The Morgan fingerprint density at radius 2 is 1.89 bits per heavy atom. The van der Waals surface area contributed by atoms with Crippen molar-refractivity contribution in [2.75, 3.05) is 13.9 Å². The second kappa shape index (κ2) is 8.31. The monoisotopic (exact) mass is 272 g/mol. The van der Waals surface area contributed by atoms with Gasteiger partial charge in [0.05, 0.1) is 0 Å². The summed E-state index contributed by atoms with van der Waals surface area (Å²) in [5.41, 5.74) is 0. The predicted octanol–water partition coefficient (Wildman–Crippen LogP) is 2.66. The number of ether oxygens (including phenoxy) is 3. The second-order valence-corrected chi connectivity index (χ2v) is 3.75. The van der Waals surface area contributed by atoms with Crippen LogP contribution in [0, 0.1) is 0 Å². The third-order valence-electron chi connectivity index (χ3n) is 2.21. The predicted molar refractivity (Wildman–Crippen MR) is 57.9 cm³/mol. The molecule has 0 saturated heterocycles. The average molecular weight is 272 g/mol. The van der Waals surface area contributed by atoms with Crippen LogP contribution in [-0.2, 0) is 19.0 Å². The van der Waals surface area contributed by atoms with E-state index in [4.69, 9.17) is 4.74 Å². The van der Waals surface area contributed by atoms with E-state index in [1.54, 1.807) is 6.92 Å². The van der Waals surface area contributed by atoms with Gasteiger partial charge in [-0.25, -0.2) is 4.79 Å². The SMILES string of the molecule is CCCC(CC)OC(=O)[C@H](OCOC)C(F)(F)F. The Bertz CT molecular complexity index is 243. The molecule has 18 heavy (non-hydrogen) atoms. The molecule has 0 aromatic rings. The van der Waals surface area contributed by atoms with Gasteiger partial charge in [-0.15, -0.1) is 0 Å². The number of methoxy groups -OCH3 is 1. The van der Waals surface area contributed by atoms with Crippen molar-refractivity contribution in [3.8, 4) is 0 Å². The standard InChI is InChI=1S/C11H19F3O4/c1-4-6-8(5-2)18-10(15)9(11(12,13)14)17-7-16-3/h8-9H,4-7H2,1-3H3/t8?,9-/m0/s1. The van der Waals surface area contributed by atoms with Crippen LogP contribution in [0.1, 0.15) is 33.1 Å². The van der Waals surface area contributed by atoms with E-state index in [-0.39, 0.29) is 0 Å². The van der Waals surface area contributed by atoms with E-state index in [0.717, 1.165) is 6.42 Å². The van der Waals surface area contributed by atoms with Gasteiger partial charge < -0.3 is 14.2 Å². The molecule has 0 aliphatic heterocycles. The third-order valence-corrected chi connectivity index (χ3v) is 2.21. The maximum Gasteiger partial charge on any atom is 0.425 e. The molecule has 0 aromatic heterocycles. The van der Waals surface area contributed by atoms with Gasteiger partial charge in [-0.3, -0.25) is 0 Å². The molecule has 0 bridgehead atoms. The van der Waals surface area contributed by atoms with Gasteiger partial charge in [0.15, 0.2) is 0 Å². The van der Waals surface area contributed by atoms with Crippen LogP contribution in [0.15, 0.2) is 0 Å². The first kappa shape index (κ1) is 17.2. The number of alkyl halides is 3. The minimum absolute atomic E-state index is 0.467. The fourth-order valence-electron chi connectivity index (χ4n) is 1.33. The lowest BCUT2D eigenvalue weighted by molar-refractivity contribution is -0.247. The highest BCUT2D eigenvalue weighted by molar-refractivity contribution is 5.75. The zero-order chi connectivity index (χ0) is 14.2. The summed E-state index contributed by atoms with van der Waals surface area (Å²) in [5.74, 6) is -1.42. The van der Waals surface area contributed by atoms with E-state index in [1.165, 1.54) is 7.11 Å². The largest absolute Gasteiger partial charge is 0.460 e. The molecule has 7 heteroatoms. The summed E-state index contributed by atoms with van der Waals surface area (Å²) in [6.07, 6.45) is -6.20. The van der Waals surface area contributed by atoms with Crippen molar-refractivity contribution in [1.82, 2.24) is 0 Å². The molecule has 0 saturated carbocycles. The molecule has 0 rings (SSSR count). The number of halogens is 3. The highest BCUT2D eigenvalue weighted by Crippen LogP contribution is 2.25. The Balaban J connectivity index is 4.54. The highest BCUT2D eigenvalue weighted by Gasteiger charge is 2.47. The van der Waals surface area contributed by atoms with Gasteiger partial charge in [0, 0.05) is 7.11 Å². The Morgan fingerprint density at radius 3 is 2.28 bits per heavy atom. The van der Waals surface area contributed by atoms with E-state index >= 15 is 0 Å². The highest BCUT2D eigenvalue weighted by atomic mass is 19.4. The number of carbonyl (C=O) groups is 1. The van der Waals surface area contributed by atoms with Crippen molar-refractivity contribution < 1.29 is 32.2 Å². The lowest BCUT2D eigenvalue weighted by atomic mass is 10.1. The van der Waals surface area contributed by atoms with Crippen LogP contribution >= 0.6 is 0 Å². The molecule has 4 nitrogen and oxygen atoms in total. The quantitative estimate of drug-likeness (QED) is 0.503. The maximum atomic E-state index is 12.6. The van der Waals surface area contributed by atoms with E-state index < -0.39 is 31.1 Å². The zero-order valence-corrected chi connectivity index (χ0v) is 10.8. The van der Waals surface area contributed by atoms with E-state index in [9.17, 15) is 18.0 Å². The van der Waals surface area contributed by atoms with E-state index in [2.05, 4.69) is 9.47 Å². The summed E-state index contributed by atoms with van der Waals surface area (Å²) in [6, 6.07) is 0. The van der Waals surface area contributed by atoms with Crippen LogP contribution in [0.2, 0.25) is 0 Å². The Morgan fingerprint density at radius 1 is 1.28 bits per heavy atom. The smallest absolute Gasteiger partial charge is 0.425 e. The van der Waals surface area contributed by atoms with Gasteiger partial charge in [0.2, 0.25) is 0 Å². The molecule has 0 aliphatic rings. The van der Waals surface area contributed by atoms with Crippen molar-refractivity contribution in [2.45, 2.75) is 51.5 Å². The Hall–Kier alpha value is -0.820. The number of hydrogen-bond acceptors (Lipinski definition) is 4. The van der Waals surface area contributed by atoms with Gasteiger partial charge >= 0.3 is 12.1 Å². The van der Waals surface area contributed by atoms with Crippen LogP contribution in [0.5, 0.6) is 0 Å². The zero-order valence-electron chi connectivity index (χ0n) is 10.8. The summed E-state index contributed by atoms with van der Waals surface area (Å²) in [4.78, 5) is 11.4. The first-order valence-corrected chi connectivity index (χ1v) is 5.74. The van der Waals surface area contributed by atoms with Gasteiger partial charge in [0.25, 0.3) is 6.10 Å². The molecule has 0 fully saturated rings. The van der Waals surface area contributed by atoms with Crippen molar-refractivity contribution in [3.05, 3.63) is 0 Å². The summed E-state index contributed by atoms with van der Waals surface area (Å²) in [7, 11) is 1.17. The molecule has 2 atom stereocenters. The molecule has 0 heterocycles. The molecule has 0 aromatic carbocycles. The van der Waals surface area contributed by atoms with Crippen LogP contribution in [0.25, 0.3) is 0 Å². The Labute approximate surface area is 104 Å². The fourth-order valence-corrected chi connectivity index (χ4v) is 1.33. The van der Waals surface area contributed by atoms with E-state index in [1.807, 2.05) is 6.92 Å². The molecular weight excluding hydrogens is 253 g/mol. The summed E-state index contributed by atoms with van der Waals surface area (Å²) < 4.78 is 51.1. The molecule has 0 spiro atoms. The third kappa shape index (κ3) is 6.20. The number of carbonyl (C=O) groups excluding carboxylic acids is 1. The van der Waals surface area contributed by atoms with Crippen molar-refractivity contribution in [1.29, 1.82) is 0 Å². The topological polar surface area (TPSA) is 44.8 Å². The number of rotatable bonds is 8. The molecule has 0 aliphatic carbocycles. The van der Waals surface area contributed by atoms with Crippen LogP contribution in [0.3, 0.4) is 0 Å². The average Bonchev–Trinajstić information content (AvgIpc) is 2.27. The molecular formula is C11H19F3O4. The lowest BCUT2D eigenvalue weighted by Gasteiger charge is -2.22.